The third kappa shape index (κ3) is 4.17. The summed E-state index contributed by atoms with van der Waals surface area (Å²) in [6, 6.07) is 16.0. The Balaban J connectivity index is 1.70. The molecular formula is C20H21N3OS. The van der Waals surface area contributed by atoms with E-state index in [0.29, 0.717) is 10.9 Å². The molecule has 0 amide bonds. The van der Waals surface area contributed by atoms with E-state index in [1.807, 2.05) is 36.4 Å². The van der Waals surface area contributed by atoms with Crippen molar-refractivity contribution in [2.24, 2.45) is 0 Å². The van der Waals surface area contributed by atoms with Crippen LogP contribution >= 0.6 is 11.8 Å². The van der Waals surface area contributed by atoms with Crippen LogP contribution in [0.1, 0.15) is 35.3 Å². The van der Waals surface area contributed by atoms with Crippen molar-refractivity contribution in [3.05, 3.63) is 65.2 Å². The van der Waals surface area contributed by atoms with E-state index in [-0.39, 0.29) is 5.78 Å². The second kappa shape index (κ2) is 8.12. The topological polar surface area (TPSA) is 58.6 Å². The first kappa shape index (κ1) is 17.4. The Morgan fingerprint density at radius 3 is 2.60 bits per heavy atom. The van der Waals surface area contributed by atoms with Gasteiger partial charge in [-0.05, 0) is 30.0 Å². The predicted octanol–water partition coefficient (Wildman–Crippen LogP) is 4.57. The van der Waals surface area contributed by atoms with E-state index >= 15 is 0 Å². The molecule has 0 spiro atoms. The van der Waals surface area contributed by atoms with Crippen LogP contribution in [-0.2, 0) is 12.8 Å². The standard InChI is InChI=1S/C20H21N3OS/c1-3-14-10-11-15(4-2)17(12-14)18(24)13-25-20-21-19(22-23-20)16-8-6-5-7-9-16/h5-12H,3-4,13H2,1-2H3,(H,21,22,23). The van der Waals surface area contributed by atoms with Gasteiger partial charge >= 0.3 is 0 Å². The number of aromatic amines is 1. The maximum absolute atomic E-state index is 12.7. The third-order valence-electron chi connectivity index (χ3n) is 4.11. The molecule has 0 fully saturated rings. The quantitative estimate of drug-likeness (QED) is 0.500. The number of ketones is 1. The third-order valence-corrected chi connectivity index (χ3v) is 4.96. The first-order valence-electron chi connectivity index (χ1n) is 8.46. The number of hydrogen-bond donors (Lipinski definition) is 1. The van der Waals surface area contributed by atoms with Crippen LogP contribution in [0, 0.1) is 0 Å². The largest absolute Gasteiger partial charge is 0.293 e. The van der Waals surface area contributed by atoms with E-state index in [1.54, 1.807) is 0 Å². The molecule has 3 aromatic rings. The summed E-state index contributed by atoms with van der Waals surface area (Å²) in [5.74, 6) is 1.19. The van der Waals surface area contributed by atoms with Gasteiger partial charge in [0.05, 0.1) is 5.75 Å². The number of aryl methyl sites for hydroxylation is 2. The fourth-order valence-electron chi connectivity index (χ4n) is 2.66. The van der Waals surface area contributed by atoms with Gasteiger partial charge in [-0.3, -0.25) is 9.89 Å². The lowest BCUT2D eigenvalue weighted by Gasteiger charge is -2.08. The lowest BCUT2D eigenvalue weighted by atomic mass is 9.98. The van der Waals surface area contributed by atoms with Crippen molar-refractivity contribution >= 4 is 17.5 Å². The molecule has 1 heterocycles. The van der Waals surface area contributed by atoms with Gasteiger partial charge in [0, 0.05) is 11.1 Å². The smallest absolute Gasteiger partial charge is 0.209 e. The zero-order valence-electron chi connectivity index (χ0n) is 14.5. The van der Waals surface area contributed by atoms with Crippen molar-refractivity contribution in [3.8, 4) is 11.4 Å². The first-order valence-corrected chi connectivity index (χ1v) is 9.45. The average Bonchev–Trinajstić information content (AvgIpc) is 3.15. The van der Waals surface area contributed by atoms with Crippen LogP contribution in [0.25, 0.3) is 11.4 Å². The van der Waals surface area contributed by atoms with Crippen LogP contribution in [0.4, 0.5) is 0 Å². The maximum atomic E-state index is 12.7. The number of hydrogen-bond acceptors (Lipinski definition) is 4. The minimum absolute atomic E-state index is 0.128. The zero-order chi connectivity index (χ0) is 17.6. The Bertz CT molecular complexity index is 858. The molecule has 2 aromatic carbocycles. The number of H-pyrrole nitrogens is 1. The van der Waals surface area contributed by atoms with E-state index in [2.05, 4.69) is 41.2 Å². The molecule has 5 heteroatoms. The van der Waals surface area contributed by atoms with Gasteiger partial charge in [0.25, 0.3) is 0 Å². The fourth-order valence-corrected chi connectivity index (χ4v) is 3.34. The van der Waals surface area contributed by atoms with Crippen molar-refractivity contribution in [1.82, 2.24) is 15.2 Å². The Hall–Kier alpha value is -2.40. The predicted molar refractivity (Wildman–Crippen MR) is 102 cm³/mol. The highest BCUT2D eigenvalue weighted by molar-refractivity contribution is 7.99. The molecule has 0 aliphatic rings. The number of benzene rings is 2. The molecule has 0 radical (unpaired) electrons. The molecule has 0 bridgehead atoms. The summed E-state index contributed by atoms with van der Waals surface area (Å²) in [7, 11) is 0. The second-order valence-corrected chi connectivity index (χ2v) is 6.69. The summed E-state index contributed by atoms with van der Waals surface area (Å²) in [4.78, 5) is 17.1. The van der Waals surface area contributed by atoms with Crippen molar-refractivity contribution in [1.29, 1.82) is 0 Å². The molecule has 128 valence electrons. The molecule has 0 aliphatic heterocycles. The molecule has 4 nitrogen and oxygen atoms in total. The SMILES string of the molecule is CCc1ccc(CC)c(C(=O)CSc2n[nH]c(-c3ccccc3)n2)c1. The summed E-state index contributed by atoms with van der Waals surface area (Å²) in [5.41, 5.74) is 4.10. The van der Waals surface area contributed by atoms with Gasteiger partial charge in [-0.15, -0.1) is 5.10 Å². The van der Waals surface area contributed by atoms with Gasteiger partial charge in [0.2, 0.25) is 5.16 Å². The number of carbonyl (C=O) groups is 1. The van der Waals surface area contributed by atoms with Crippen LogP contribution in [-0.4, -0.2) is 26.7 Å². The van der Waals surface area contributed by atoms with Crippen molar-refractivity contribution in [2.45, 2.75) is 31.8 Å². The lowest BCUT2D eigenvalue weighted by molar-refractivity contribution is 0.102. The summed E-state index contributed by atoms with van der Waals surface area (Å²) < 4.78 is 0. The van der Waals surface area contributed by atoms with E-state index in [0.717, 1.165) is 35.4 Å². The van der Waals surface area contributed by atoms with Gasteiger partial charge in [0.15, 0.2) is 11.6 Å². The van der Waals surface area contributed by atoms with Gasteiger partial charge in [0.1, 0.15) is 0 Å². The van der Waals surface area contributed by atoms with Crippen LogP contribution < -0.4 is 0 Å². The molecule has 1 N–H and O–H groups in total. The highest BCUT2D eigenvalue weighted by Gasteiger charge is 2.14. The van der Waals surface area contributed by atoms with Crippen molar-refractivity contribution < 1.29 is 4.79 Å². The number of nitrogens with one attached hydrogen (secondary N) is 1. The van der Waals surface area contributed by atoms with Gasteiger partial charge in [-0.2, -0.15) is 0 Å². The Morgan fingerprint density at radius 1 is 1.08 bits per heavy atom. The molecule has 0 aliphatic carbocycles. The Morgan fingerprint density at radius 2 is 1.88 bits per heavy atom. The number of nitrogens with zero attached hydrogens (tertiary/aromatic N) is 2. The van der Waals surface area contributed by atoms with Crippen LogP contribution in [0.5, 0.6) is 0 Å². The number of aromatic nitrogens is 3. The highest BCUT2D eigenvalue weighted by Crippen LogP contribution is 2.21. The Kier molecular flexibility index (Phi) is 5.66. The van der Waals surface area contributed by atoms with Gasteiger partial charge in [-0.25, -0.2) is 4.98 Å². The maximum Gasteiger partial charge on any atom is 0.209 e. The summed E-state index contributed by atoms with van der Waals surface area (Å²) in [5, 5.41) is 7.74. The normalized spacial score (nSPS) is 10.8. The van der Waals surface area contributed by atoms with Crippen LogP contribution in [0.3, 0.4) is 0 Å². The van der Waals surface area contributed by atoms with Gasteiger partial charge in [-0.1, -0.05) is 68.1 Å². The molecule has 0 saturated heterocycles. The number of thioether (sulfide) groups is 1. The number of rotatable bonds is 7. The van der Waals surface area contributed by atoms with Gasteiger partial charge < -0.3 is 0 Å². The minimum Gasteiger partial charge on any atom is -0.293 e. The Labute approximate surface area is 152 Å². The first-order chi connectivity index (χ1) is 12.2. The fraction of sp³-hybridized carbons (Fsp3) is 0.250. The number of carbonyl (C=O) groups excluding carboxylic acids is 1. The van der Waals surface area contributed by atoms with E-state index in [4.69, 9.17) is 0 Å². The second-order valence-electron chi connectivity index (χ2n) is 5.74. The molecule has 0 unspecified atom stereocenters. The highest BCUT2D eigenvalue weighted by atomic mass is 32.2. The summed E-state index contributed by atoms with van der Waals surface area (Å²) in [6.45, 7) is 4.18. The molecule has 0 atom stereocenters. The molecular weight excluding hydrogens is 330 g/mol. The van der Waals surface area contributed by atoms with E-state index in [1.165, 1.54) is 17.3 Å². The minimum atomic E-state index is 0.128. The van der Waals surface area contributed by atoms with E-state index < -0.39 is 0 Å². The van der Waals surface area contributed by atoms with Crippen molar-refractivity contribution in [3.63, 3.8) is 0 Å². The summed E-state index contributed by atoms with van der Waals surface area (Å²) >= 11 is 1.37. The molecule has 0 saturated carbocycles. The summed E-state index contributed by atoms with van der Waals surface area (Å²) in [6.07, 6.45) is 1.79. The van der Waals surface area contributed by atoms with Crippen molar-refractivity contribution in [2.75, 3.05) is 5.75 Å². The molecule has 3 rings (SSSR count). The molecule has 25 heavy (non-hydrogen) atoms. The average molecular weight is 351 g/mol. The molecule has 1 aromatic heterocycles. The lowest BCUT2D eigenvalue weighted by Crippen LogP contribution is -2.07. The van der Waals surface area contributed by atoms with Crippen LogP contribution in [0.15, 0.2) is 53.7 Å². The monoisotopic (exact) mass is 351 g/mol. The van der Waals surface area contributed by atoms with Crippen LogP contribution in [0.2, 0.25) is 0 Å². The number of Topliss-reactive ketones (excluding diaryl/α,β-unsaturated/α-hetero) is 1. The van der Waals surface area contributed by atoms with E-state index in [9.17, 15) is 4.79 Å². The zero-order valence-corrected chi connectivity index (χ0v) is 15.3.